The molecule has 0 saturated heterocycles. The van der Waals surface area contributed by atoms with Gasteiger partial charge in [-0.2, -0.15) is 0 Å². The van der Waals surface area contributed by atoms with Gasteiger partial charge in [-0.25, -0.2) is 0 Å². The van der Waals surface area contributed by atoms with Crippen LogP contribution in [0, 0.1) is 0 Å². The van der Waals surface area contributed by atoms with E-state index in [1.165, 1.54) is 0 Å². The number of thiocarbonyl (C=S) groups is 1. The molecule has 12 heavy (non-hydrogen) atoms. The first-order valence-electron chi connectivity index (χ1n) is 3.51. The van der Waals surface area contributed by atoms with Crippen molar-refractivity contribution in [3.63, 3.8) is 0 Å². The molecule has 1 atom stereocenters. The van der Waals surface area contributed by atoms with Crippen LogP contribution in [-0.2, 0) is 4.79 Å². The molecule has 0 radical (unpaired) electrons. The fraction of sp³-hybridized carbons (Fsp3) is 0.250. The maximum Gasteiger partial charge on any atom is 0.248 e. The molecule has 1 heterocycles. The Kier molecular flexibility index (Phi) is 2.60. The SMILES string of the molecule is C=CCC1NC(=O)C=C(O)C1=S. The molecule has 0 aromatic heterocycles. The molecule has 0 spiro atoms. The lowest BCUT2D eigenvalue weighted by Crippen LogP contribution is -2.43. The molecule has 3 nitrogen and oxygen atoms in total. The molecule has 1 rings (SSSR count). The highest BCUT2D eigenvalue weighted by Gasteiger charge is 2.23. The number of rotatable bonds is 2. The number of hydrogen-bond donors (Lipinski definition) is 2. The molecule has 0 saturated carbocycles. The monoisotopic (exact) mass is 183 g/mol. The molecule has 64 valence electrons. The van der Waals surface area contributed by atoms with Crippen molar-refractivity contribution >= 4 is 23.0 Å². The molecular formula is C8H9NO2S. The summed E-state index contributed by atoms with van der Waals surface area (Å²) in [6.45, 7) is 3.53. The second-order valence-corrected chi connectivity index (χ2v) is 2.92. The van der Waals surface area contributed by atoms with E-state index in [0.717, 1.165) is 6.08 Å². The first-order valence-corrected chi connectivity index (χ1v) is 3.92. The quantitative estimate of drug-likeness (QED) is 0.493. The zero-order valence-electron chi connectivity index (χ0n) is 6.41. The Morgan fingerprint density at radius 2 is 2.50 bits per heavy atom. The van der Waals surface area contributed by atoms with Crippen LogP contribution in [0.4, 0.5) is 0 Å². The largest absolute Gasteiger partial charge is 0.506 e. The van der Waals surface area contributed by atoms with Crippen molar-refractivity contribution in [3.05, 3.63) is 24.5 Å². The number of carbonyl (C=O) groups excluding carboxylic acids is 1. The molecule has 0 aromatic carbocycles. The van der Waals surface area contributed by atoms with E-state index in [-0.39, 0.29) is 17.7 Å². The summed E-state index contributed by atoms with van der Waals surface area (Å²) >= 11 is 4.89. The molecule has 2 N–H and O–H groups in total. The molecule has 0 aromatic rings. The van der Waals surface area contributed by atoms with Gasteiger partial charge in [0.1, 0.15) is 5.76 Å². The number of hydrogen-bond acceptors (Lipinski definition) is 3. The first-order chi connectivity index (χ1) is 5.65. The van der Waals surface area contributed by atoms with E-state index in [0.29, 0.717) is 11.3 Å². The summed E-state index contributed by atoms with van der Waals surface area (Å²) in [6.07, 6.45) is 3.28. The standard InChI is InChI=1S/C8H9NO2S/c1-2-3-5-8(12)6(10)4-7(11)9-5/h2,4-5,10H,1,3H2,(H,9,11). The Morgan fingerprint density at radius 3 is 3.08 bits per heavy atom. The zero-order chi connectivity index (χ0) is 9.14. The highest BCUT2D eigenvalue weighted by atomic mass is 32.1. The predicted octanol–water partition coefficient (Wildman–Crippen LogP) is 0.873. The van der Waals surface area contributed by atoms with Crippen molar-refractivity contribution in [3.8, 4) is 0 Å². The maximum absolute atomic E-state index is 10.9. The van der Waals surface area contributed by atoms with Gasteiger partial charge in [0.15, 0.2) is 0 Å². The molecule has 1 amide bonds. The fourth-order valence-corrected chi connectivity index (χ4v) is 1.20. The Labute approximate surface area is 75.8 Å². The smallest absolute Gasteiger partial charge is 0.248 e. The van der Waals surface area contributed by atoms with Gasteiger partial charge in [0.2, 0.25) is 5.91 Å². The minimum Gasteiger partial charge on any atom is -0.506 e. The van der Waals surface area contributed by atoms with Gasteiger partial charge in [-0.3, -0.25) is 4.79 Å². The third-order valence-electron chi connectivity index (χ3n) is 1.56. The maximum atomic E-state index is 10.9. The summed E-state index contributed by atoms with van der Waals surface area (Å²) in [7, 11) is 0. The van der Waals surface area contributed by atoms with Gasteiger partial charge in [0.05, 0.1) is 10.9 Å². The average molecular weight is 183 g/mol. The second kappa shape index (κ2) is 3.49. The number of nitrogens with one attached hydrogen (secondary N) is 1. The van der Waals surface area contributed by atoms with Crippen molar-refractivity contribution in [2.24, 2.45) is 0 Å². The third-order valence-corrected chi connectivity index (χ3v) is 2.05. The summed E-state index contributed by atoms with van der Waals surface area (Å²) in [4.78, 5) is 11.2. The Balaban J connectivity index is 2.81. The third kappa shape index (κ3) is 1.71. The number of amides is 1. The van der Waals surface area contributed by atoms with Crippen molar-refractivity contribution in [2.75, 3.05) is 0 Å². The van der Waals surface area contributed by atoms with Crippen molar-refractivity contribution in [2.45, 2.75) is 12.5 Å². The van der Waals surface area contributed by atoms with Crippen LogP contribution >= 0.6 is 12.2 Å². The summed E-state index contributed by atoms with van der Waals surface area (Å²) in [5, 5.41) is 11.8. The van der Waals surface area contributed by atoms with Gasteiger partial charge < -0.3 is 10.4 Å². The molecule has 1 aliphatic rings. The van der Waals surface area contributed by atoms with Crippen molar-refractivity contribution < 1.29 is 9.90 Å². The topological polar surface area (TPSA) is 49.3 Å². The van der Waals surface area contributed by atoms with Crippen LogP contribution < -0.4 is 5.32 Å². The molecule has 1 unspecified atom stereocenters. The molecule has 1 aliphatic heterocycles. The van der Waals surface area contributed by atoms with E-state index < -0.39 is 0 Å². The molecule has 0 fully saturated rings. The molecular weight excluding hydrogens is 174 g/mol. The van der Waals surface area contributed by atoms with Gasteiger partial charge in [0, 0.05) is 6.08 Å². The summed E-state index contributed by atoms with van der Waals surface area (Å²) < 4.78 is 0. The van der Waals surface area contributed by atoms with E-state index in [1.807, 2.05) is 0 Å². The second-order valence-electron chi connectivity index (χ2n) is 2.48. The van der Waals surface area contributed by atoms with Crippen molar-refractivity contribution in [1.82, 2.24) is 5.32 Å². The van der Waals surface area contributed by atoms with Crippen LogP contribution in [0.15, 0.2) is 24.5 Å². The molecule has 0 aliphatic carbocycles. The van der Waals surface area contributed by atoms with Crippen LogP contribution in [0.3, 0.4) is 0 Å². The highest BCUT2D eigenvalue weighted by molar-refractivity contribution is 7.81. The van der Waals surface area contributed by atoms with Crippen LogP contribution in [0.5, 0.6) is 0 Å². The van der Waals surface area contributed by atoms with Crippen LogP contribution in [0.25, 0.3) is 0 Å². The summed E-state index contributed by atoms with van der Waals surface area (Å²) in [6, 6.07) is -0.282. The Hall–Kier alpha value is -1.16. The molecule has 4 heteroatoms. The normalized spacial score (nSPS) is 23.0. The van der Waals surface area contributed by atoms with Gasteiger partial charge in [-0.1, -0.05) is 18.3 Å². The van der Waals surface area contributed by atoms with Gasteiger partial charge in [-0.05, 0) is 6.42 Å². The number of aliphatic hydroxyl groups is 1. The molecule has 0 bridgehead atoms. The number of carbonyl (C=O) groups is 1. The van der Waals surface area contributed by atoms with Crippen molar-refractivity contribution in [1.29, 1.82) is 0 Å². The number of aliphatic hydroxyl groups excluding tert-OH is 1. The van der Waals surface area contributed by atoms with Gasteiger partial charge in [-0.15, -0.1) is 6.58 Å². The van der Waals surface area contributed by atoms with Crippen LogP contribution in [0.1, 0.15) is 6.42 Å². The van der Waals surface area contributed by atoms with Gasteiger partial charge in [0.25, 0.3) is 0 Å². The van der Waals surface area contributed by atoms with E-state index in [9.17, 15) is 4.79 Å². The Bertz CT molecular complexity index is 270. The minimum absolute atomic E-state index is 0.111. The lowest BCUT2D eigenvalue weighted by atomic mass is 10.1. The van der Waals surface area contributed by atoms with Gasteiger partial charge >= 0.3 is 0 Å². The van der Waals surface area contributed by atoms with E-state index in [1.54, 1.807) is 6.08 Å². The predicted molar refractivity (Wildman–Crippen MR) is 50.1 cm³/mol. The zero-order valence-corrected chi connectivity index (χ0v) is 7.23. The van der Waals surface area contributed by atoms with Crippen LogP contribution in [-0.4, -0.2) is 21.9 Å². The Morgan fingerprint density at radius 1 is 1.83 bits per heavy atom. The average Bonchev–Trinajstić information content (AvgIpc) is 2.00. The highest BCUT2D eigenvalue weighted by Crippen LogP contribution is 2.08. The van der Waals surface area contributed by atoms with Crippen LogP contribution in [0.2, 0.25) is 0 Å². The van der Waals surface area contributed by atoms with E-state index in [4.69, 9.17) is 17.3 Å². The summed E-state index contributed by atoms with van der Waals surface area (Å²) in [5.74, 6) is -0.423. The van der Waals surface area contributed by atoms with E-state index >= 15 is 0 Å². The lowest BCUT2D eigenvalue weighted by molar-refractivity contribution is -0.117. The van der Waals surface area contributed by atoms with E-state index in [2.05, 4.69) is 11.9 Å². The fourth-order valence-electron chi connectivity index (χ4n) is 0.985. The minimum atomic E-state index is -0.312. The summed E-state index contributed by atoms with van der Waals surface area (Å²) in [5.41, 5.74) is 0. The first kappa shape index (κ1) is 8.93. The lowest BCUT2D eigenvalue weighted by Gasteiger charge is -2.20.